The lowest BCUT2D eigenvalue weighted by Gasteiger charge is -2.09. The molecule has 0 aromatic heterocycles. The second kappa shape index (κ2) is 7.25. The minimum atomic E-state index is -0.822. The van der Waals surface area contributed by atoms with Crippen LogP contribution in [-0.4, -0.2) is 30.7 Å². The number of carbonyl (C=O) groups excluding carboxylic acids is 1. The molecule has 1 aromatic rings. The number of aliphatic carboxylic acids is 1. The number of nitrogens with two attached hydrogens (primary N) is 1. The van der Waals surface area contributed by atoms with Gasteiger partial charge >= 0.3 is 5.97 Å². The fraction of sp³-hybridized carbons (Fsp3) is 0.385. The van der Waals surface area contributed by atoms with E-state index < -0.39 is 11.9 Å². The zero-order chi connectivity index (χ0) is 14.3. The maximum absolute atomic E-state index is 11.1. The number of amides is 1. The van der Waals surface area contributed by atoms with Gasteiger partial charge in [-0.15, -0.1) is 0 Å². The van der Waals surface area contributed by atoms with E-state index >= 15 is 0 Å². The Morgan fingerprint density at radius 2 is 1.89 bits per heavy atom. The molecular weight excluding hydrogens is 250 g/mol. The number of carboxylic acid groups (broad SMARTS) is 1. The summed E-state index contributed by atoms with van der Waals surface area (Å²) in [4.78, 5) is 21.4. The van der Waals surface area contributed by atoms with Crippen LogP contribution in [0.1, 0.15) is 29.6 Å². The highest BCUT2D eigenvalue weighted by molar-refractivity contribution is 5.93. The fourth-order valence-electron chi connectivity index (χ4n) is 1.48. The number of methoxy groups -OCH3 is 1. The van der Waals surface area contributed by atoms with Gasteiger partial charge in [-0.1, -0.05) is 0 Å². The summed E-state index contributed by atoms with van der Waals surface area (Å²) in [6, 6.07) is 4.70. The molecule has 0 aliphatic rings. The Balaban J connectivity index is 2.55. The Bertz CT molecular complexity index is 458. The van der Waals surface area contributed by atoms with Gasteiger partial charge in [-0.2, -0.15) is 0 Å². The van der Waals surface area contributed by atoms with Crippen LogP contribution in [0.25, 0.3) is 0 Å². The third-order valence-corrected chi connectivity index (χ3v) is 2.45. The summed E-state index contributed by atoms with van der Waals surface area (Å²) in [5, 5.41) is 8.49. The third kappa shape index (κ3) is 5.29. The van der Waals surface area contributed by atoms with Crippen LogP contribution < -0.4 is 15.2 Å². The summed E-state index contributed by atoms with van der Waals surface area (Å²) >= 11 is 0. The van der Waals surface area contributed by atoms with Gasteiger partial charge in [-0.05, 0) is 25.0 Å². The molecule has 3 N–H and O–H groups in total. The Hall–Kier alpha value is -2.24. The van der Waals surface area contributed by atoms with Crippen molar-refractivity contribution >= 4 is 11.9 Å². The van der Waals surface area contributed by atoms with Gasteiger partial charge in [-0.25, -0.2) is 0 Å². The van der Waals surface area contributed by atoms with Crippen LogP contribution in [0.5, 0.6) is 11.5 Å². The van der Waals surface area contributed by atoms with Gasteiger partial charge in [0.05, 0.1) is 13.7 Å². The standard InChI is InChI=1S/C13H17NO5/c1-18-10-6-9(13(14)17)7-11(8-10)19-5-3-2-4-12(15)16/h6-8H,2-5H2,1H3,(H2,14,17)(H,15,16). The Morgan fingerprint density at radius 1 is 1.21 bits per heavy atom. The van der Waals surface area contributed by atoms with Crippen LogP contribution in [-0.2, 0) is 4.79 Å². The van der Waals surface area contributed by atoms with Crippen molar-refractivity contribution in [2.45, 2.75) is 19.3 Å². The van der Waals surface area contributed by atoms with Crippen LogP contribution in [0, 0.1) is 0 Å². The van der Waals surface area contributed by atoms with Gasteiger partial charge in [0, 0.05) is 18.1 Å². The number of unbranched alkanes of at least 4 members (excludes halogenated alkanes) is 1. The van der Waals surface area contributed by atoms with Crippen LogP contribution in [0.4, 0.5) is 0 Å². The third-order valence-electron chi connectivity index (χ3n) is 2.45. The topological polar surface area (TPSA) is 98.8 Å². The Labute approximate surface area is 111 Å². The van der Waals surface area contributed by atoms with Gasteiger partial charge in [0.15, 0.2) is 0 Å². The summed E-state index contributed by atoms with van der Waals surface area (Å²) in [7, 11) is 1.48. The molecule has 0 aliphatic heterocycles. The van der Waals surface area contributed by atoms with E-state index in [1.807, 2.05) is 0 Å². The summed E-state index contributed by atoms with van der Waals surface area (Å²) < 4.78 is 10.5. The number of primary amides is 1. The molecule has 0 fully saturated rings. The van der Waals surface area contributed by atoms with Crippen molar-refractivity contribution in [1.29, 1.82) is 0 Å². The monoisotopic (exact) mass is 267 g/mol. The summed E-state index contributed by atoms with van der Waals surface area (Å²) in [6.07, 6.45) is 1.28. The first-order valence-corrected chi connectivity index (χ1v) is 5.86. The SMILES string of the molecule is COc1cc(OCCCCC(=O)O)cc(C(N)=O)c1. The van der Waals surface area contributed by atoms with Crippen molar-refractivity contribution in [3.63, 3.8) is 0 Å². The van der Waals surface area contributed by atoms with Gasteiger partial charge in [-0.3, -0.25) is 9.59 Å². The lowest BCUT2D eigenvalue weighted by atomic mass is 10.2. The fourth-order valence-corrected chi connectivity index (χ4v) is 1.48. The molecule has 0 saturated carbocycles. The molecule has 0 unspecified atom stereocenters. The second-order valence-electron chi connectivity index (χ2n) is 3.96. The molecule has 0 atom stereocenters. The molecule has 1 aromatic carbocycles. The minimum absolute atomic E-state index is 0.119. The molecule has 1 rings (SSSR count). The number of carbonyl (C=O) groups is 2. The number of rotatable bonds is 8. The zero-order valence-corrected chi connectivity index (χ0v) is 10.7. The van der Waals surface area contributed by atoms with Crippen molar-refractivity contribution < 1.29 is 24.2 Å². The van der Waals surface area contributed by atoms with E-state index in [4.69, 9.17) is 20.3 Å². The normalized spacial score (nSPS) is 9.95. The van der Waals surface area contributed by atoms with E-state index in [9.17, 15) is 9.59 Å². The number of hydrogen-bond donors (Lipinski definition) is 2. The molecule has 6 heteroatoms. The molecule has 0 radical (unpaired) electrons. The molecule has 0 saturated heterocycles. The van der Waals surface area contributed by atoms with Gasteiger partial charge in [0.1, 0.15) is 11.5 Å². The predicted molar refractivity (Wildman–Crippen MR) is 68.5 cm³/mol. The smallest absolute Gasteiger partial charge is 0.303 e. The van der Waals surface area contributed by atoms with Crippen LogP contribution >= 0.6 is 0 Å². The van der Waals surface area contributed by atoms with Crippen molar-refractivity contribution in [1.82, 2.24) is 0 Å². The minimum Gasteiger partial charge on any atom is -0.497 e. The van der Waals surface area contributed by atoms with Gasteiger partial charge < -0.3 is 20.3 Å². The van der Waals surface area contributed by atoms with E-state index in [0.717, 1.165) is 0 Å². The molecule has 1 amide bonds. The highest BCUT2D eigenvalue weighted by atomic mass is 16.5. The number of hydrogen-bond acceptors (Lipinski definition) is 4. The lowest BCUT2D eigenvalue weighted by Crippen LogP contribution is -2.11. The molecule has 104 valence electrons. The largest absolute Gasteiger partial charge is 0.497 e. The van der Waals surface area contributed by atoms with E-state index in [2.05, 4.69) is 0 Å². The number of benzene rings is 1. The van der Waals surface area contributed by atoms with Crippen LogP contribution in [0.3, 0.4) is 0 Å². The van der Waals surface area contributed by atoms with Crippen molar-refractivity contribution in [2.24, 2.45) is 5.73 Å². The quantitative estimate of drug-likeness (QED) is 0.694. The van der Waals surface area contributed by atoms with E-state index in [-0.39, 0.29) is 6.42 Å². The molecule has 0 heterocycles. The van der Waals surface area contributed by atoms with Crippen molar-refractivity contribution in [3.05, 3.63) is 23.8 Å². The van der Waals surface area contributed by atoms with Crippen molar-refractivity contribution in [3.8, 4) is 11.5 Å². The average Bonchev–Trinajstić information content (AvgIpc) is 2.37. The Morgan fingerprint density at radius 3 is 2.47 bits per heavy atom. The van der Waals surface area contributed by atoms with Crippen LogP contribution in [0.15, 0.2) is 18.2 Å². The summed E-state index contributed by atoms with van der Waals surface area (Å²) in [5.41, 5.74) is 5.51. The average molecular weight is 267 g/mol. The summed E-state index contributed by atoms with van der Waals surface area (Å²) in [5.74, 6) is -0.424. The zero-order valence-electron chi connectivity index (χ0n) is 10.7. The first kappa shape index (κ1) is 14.8. The van der Waals surface area contributed by atoms with Crippen molar-refractivity contribution in [2.75, 3.05) is 13.7 Å². The molecule has 0 bridgehead atoms. The molecule has 6 nitrogen and oxygen atoms in total. The first-order valence-electron chi connectivity index (χ1n) is 5.86. The molecule has 0 aliphatic carbocycles. The highest BCUT2D eigenvalue weighted by Gasteiger charge is 2.07. The van der Waals surface area contributed by atoms with Gasteiger partial charge in [0.2, 0.25) is 5.91 Å². The maximum atomic E-state index is 11.1. The molecular formula is C13H17NO5. The number of ether oxygens (including phenoxy) is 2. The van der Waals surface area contributed by atoms with Gasteiger partial charge in [0.25, 0.3) is 0 Å². The van der Waals surface area contributed by atoms with E-state index in [1.54, 1.807) is 6.07 Å². The molecule has 19 heavy (non-hydrogen) atoms. The Kier molecular flexibility index (Phi) is 5.66. The lowest BCUT2D eigenvalue weighted by molar-refractivity contribution is -0.137. The number of carboxylic acids is 1. The molecule has 0 spiro atoms. The predicted octanol–water partition coefficient (Wildman–Crippen LogP) is 1.43. The maximum Gasteiger partial charge on any atom is 0.303 e. The highest BCUT2D eigenvalue weighted by Crippen LogP contribution is 2.22. The summed E-state index contributed by atoms with van der Waals surface area (Å²) in [6.45, 7) is 0.374. The second-order valence-corrected chi connectivity index (χ2v) is 3.96. The van der Waals surface area contributed by atoms with E-state index in [1.165, 1.54) is 19.2 Å². The van der Waals surface area contributed by atoms with Crippen LogP contribution in [0.2, 0.25) is 0 Å². The first-order chi connectivity index (χ1) is 9.02. The van der Waals surface area contributed by atoms with E-state index in [0.29, 0.717) is 36.5 Å².